The van der Waals surface area contributed by atoms with Crippen LogP contribution in [0.1, 0.15) is 40.5 Å². The molecule has 1 unspecified atom stereocenters. The highest BCUT2D eigenvalue weighted by Crippen LogP contribution is 2.23. The first kappa shape index (κ1) is 15.1. The van der Waals surface area contributed by atoms with Crippen molar-refractivity contribution in [3.8, 4) is 0 Å². The second-order valence-electron chi connectivity index (χ2n) is 5.62. The molecule has 1 amide bonds. The summed E-state index contributed by atoms with van der Waals surface area (Å²) < 4.78 is 10.3. The molecule has 118 valence electrons. The van der Waals surface area contributed by atoms with Crippen LogP contribution in [0, 0.1) is 5.92 Å². The predicted molar refractivity (Wildman–Crippen MR) is 79.6 cm³/mol. The van der Waals surface area contributed by atoms with Gasteiger partial charge >= 0.3 is 0 Å². The fourth-order valence-electron chi connectivity index (χ4n) is 2.32. The molecular weight excluding hydrogens is 304 g/mol. The second kappa shape index (κ2) is 6.53. The van der Waals surface area contributed by atoms with Gasteiger partial charge in [-0.25, -0.2) is 4.98 Å². The highest BCUT2D eigenvalue weighted by molar-refractivity contribution is 7.13. The molecule has 1 aliphatic heterocycles. The molecule has 3 rings (SSSR count). The first-order valence-corrected chi connectivity index (χ1v) is 8.07. The predicted octanol–water partition coefficient (Wildman–Crippen LogP) is 1.94. The molecule has 0 spiro atoms. The van der Waals surface area contributed by atoms with Gasteiger partial charge in [0.1, 0.15) is 11.0 Å². The third-order valence-corrected chi connectivity index (χ3v) is 4.37. The van der Waals surface area contributed by atoms with Crippen LogP contribution in [-0.4, -0.2) is 45.6 Å². The van der Waals surface area contributed by atoms with E-state index in [2.05, 4.69) is 29.0 Å². The SMILES string of the molecule is CC(C)Cc1ncc(C(=O)N2CCOC(c3ncon3)C2)s1. The molecule has 0 bridgehead atoms. The van der Waals surface area contributed by atoms with Gasteiger partial charge in [0.05, 0.1) is 24.4 Å². The fourth-order valence-corrected chi connectivity index (χ4v) is 3.42. The molecule has 1 aliphatic rings. The van der Waals surface area contributed by atoms with Gasteiger partial charge in [0, 0.05) is 13.0 Å². The van der Waals surface area contributed by atoms with Crippen molar-refractivity contribution in [1.29, 1.82) is 0 Å². The molecule has 22 heavy (non-hydrogen) atoms. The minimum absolute atomic E-state index is 0.00991. The number of ether oxygens (including phenoxy) is 1. The molecule has 3 heterocycles. The topological polar surface area (TPSA) is 81.4 Å². The third-order valence-electron chi connectivity index (χ3n) is 3.37. The van der Waals surface area contributed by atoms with Gasteiger partial charge in [0.15, 0.2) is 0 Å². The van der Waals surface area contributed by atoms with Gasteiger partial charge in [-0.2, -0.15) is 4.98 Å². The van der Waals surface area contributed by atoms with Crippen molar-refractivity contribution in [2.24, 2.45) is 5.92 Å². The molecule has 0 radical (unpaired) electrons. The molecular formula is C14H18N4O3S. The Balaban J connectivity index is 1.67. The van der Waals surface area contributed by atoms with Crippen molar-refractivity contribution < 1.29 is 14.1 Å². The summed E-state index contributed by atoms with van der Waals surface area (Å²) in [6, 6.07) is 0. The molecule has 0 aliphatic carbocycles. The average Bonchev–Trinajstić information content (AvgIpc) is 3.17. The number of nitrogens with zero attached hydrogens (tertiary/aromatic N) is 4. The molecule has 1 fully saturated rings. The Morgan fingerprint density at radius 3 is 3.09 bits per heavy atom. The quantitative estimate of drug-likeness (QED) is 0.855. The lowest BCUT2D eigenvalue weighted by atomic mass is 10.1. The van der Waals surface area contributed by atoms with Gasteiger partial charge in [0.25, 0.3) is 5.91 Å². The molecule has 0 saturated carbocycles. The Morgan fingerprint density at radius 1 is 1.50 bits per heavy atom. The number of carbonyl (C=O) groups excluding carboxylic acids is 1. The molecule has 1 atom stereocenters. The number of carbonyl (C=O) groups is 1. The van der Waals surface area contributed by atoms with Crippen LogP contribution in [0.15, 0.2) is 17.1 Å². The Hall–Kier alpha value is -1.80. The van der Waals surface area contributed by atoms with E-state index in [-0.39, 0.29) is 12.0 Å². The van der Waals surface area contributed by atoms with Crippen LogP contribution in [-0.2, 0) is 11.2 Å². The summed E-state index contributed by atoms with van der Waals surface area (Å²) in [5.74, 6) is 0.992. The number of thiazole rings is 1. The standard InChI is InChI=1S/C14H18N4O3S/c1-9(2)5-12-15-6-11(22-12)14(19)18-3-4-20-10(7-18)13-16-8-21-17-13/h6,8-10H,3-5,7H2,1-2H3. The van der Waals surface area contributed by atoms with Crippen molar-refractivity contribution in [1.82, 2.24) is 20.0 Å². The number of aromatic nitrogens is 3. The summed E-state index contributed by atoms with van der Waals surface area (Å²) in [5.41, 5.74) is 0. The number of rotatable bonds is 4. The monoisotopic (exact) mass is 322 g/mol. The molecule has 2 aromatic heterocycles. The molecule has 0 N–H and O–H groups in total. The van der Waals surface area contributed by atoms with Crippen LogP contribution in [0.3, 0.4) is 0 Å². The number of morpholine rings is 1. The highest BCUT2D eigenvalue weighted by Gasteiger charge is 2.29. The van der Waals surface area contributed by atoms with Gasteiger partial charge < -0.3 is 14.2 Å². The molecule has 2 aromatic rings. The number of hydrogen-bond donors (Lipinski definition) is 0. The summed E-state index contributed by atoms with van der Waals surface area (Å²) in [4.78, 5) is 23.4. The maximum atomic E-state index is 12.6. The van der Waals surface area contributed by atoms with Crippen LogP contribution in [0.4, 0.5) is 0 Å². The van der Waals surface area contributed by atoms with E-state index < -0.39 is 0 Å². The summed E-state index contributed by atoms with van der Waals surface area (Å²) in [6.07, 6.45) is 3.50. The lowest BCUT2D eigenvalue weighted by Crippen LogP contribution is -2.42. The average molecular weight is 322 g/mol. The number of hydrogen-bond acceptors (Lipinski definition) is 7. The Morgan fingerprint density at radius 2 is 2.36 bits per heavy atom. The lowest BCUT2D eigenvalue weighted by molar-refractivity contribution is -0.0274. The fraction of sp³-hybridized carbons (Fsp3) is 0.571. The van der Waals surface area contributed by atoms with Crippen LogP contribution in [0.25, 0.3) is 0 Å². The van der Waals surface area contributed by atoms with Crippen LogP contribution in [0.5, 0.6) is 0 Å². The summed E-state index contributed by atoms with van der Waals surface area (Å²) in [7, 11) is 0. The maximum absolute atomic E-state index is 12.6. The summed E-state index contributed by atoms with van der Waals surface area (Å²) in [5, 5.41) is 4.79. The van der Waals surface area contributed by atoms with E-state index in [9.17, 15) is 4.79 Å². The molecule has 7 nitrogen and oxygen atoms in total. The first-order chi connectivity index (χ1) is 10.6. The maximum Gasteiger partial charge on any atom is 0.265 e. The zero-order valence-electron chi connectivity index (χ0n) is 12.6. The number of amides is 1. The van der Waals surface area contributed by atoms with Crippen LogP contribution < -0.4 is 0 Å². The summed E-state index contributed by atoms with van der Waals surface area (Å²) >= 11 is 1.47. The molecule has 0 aromatic carbocycles. The van der Waals surface area contributed by atoms with Crippen molar-refractivity contribution >= 4 is 17.2 Å². The van der Waals surface area contributed by atoms with E-state index in [0.717, 1.165) is 11.4 Å². The van der Waals surface area contributed by atoms with Gasteiger partial charge in [-0.15, -0.1) is 11.3 Å². The Labute approximate surface area is 132 Å². The Bertz CT molecular complexity index is 626. The van der Waals surface area contributed by atoms with E-state index >= 15 is 0 Å². The van der Waals surface area contributed by atoms with Crippen molar-refractivity contribution in [2.45, 2.75) is 26.4 Å². The zero-order valence-corrected chi connectivity index (χ0v) is 13.4. The van der Waals surface area contributed by atoms with Crippen molar-refractivity contribution in [3.63, 3.8) is 0 Å². The van der Waals surface area contributed by atoms with E-state index in [1.807, 2.05) is 0 Å². The van der Waals surface area contributed by atoms with Crippen molar-refractivity contribution in [3.05, 3.63) is 28.3 Å². The largest absolute Gasteiger partial charge is 0.366 e. The van der Waals surface area contributed by atoms with E-state index in [1.165, 1.54) is 17.7 Å². The lowest BCUT2D eigenvalue weighted by Gasteiger charge is -2.31. The van der Waals surface area contributed by atoms with Gasteiger partial charge in [-0.1, -0.05) is 19.0 Å². The van der Waals surface area contributed by atoms with Gasteiger partial charge in [-0.05, 0) is 5.92 Å². The second-order valence-corrected chi connectivity index (χ2v) is 6.73. The van der Waals surface area contributed by atoms with E-state index in [4.69, 9.17) is 9.26 Å². The van der Waals surface area contributed by atoms with Crippen LogP contribution in [0.2, 0.25) is 0 Å². The van der Waals surface area contributed by atoms with Crippen LogP contribution >= 0.6 is 11.3 Å². The van der Waals surface area contributed by atoms with Gasteiger partial charge in [-0.3, -0.25) is 4.79 Å². The smallest absolute Gasteiger partial charge is 0.265 e. The minimum Gasteiger partial charge on any atom is -0.366 e. The first-order valence-electron chi connectivity index (χ1n) is 7.25. The Kier molecular flexibility index (Phi) is 4.49. The minimum atomic E-state index is -0.334. The van der Waals surface area contributed by atoms with Gasteiger partial charge in [0.2, 0.25) is 12.2 Å². The van der Waals surface area contributed by atoms with E-state index in [1.54, 1.807) is 11.1 Å². The molecule has 1 saturated heterocycles. The third kappa shape index (κ3) is 3.33. The normalized spacial score (nSPS) is 18.9. The van der Waals surface area contributed by atoms with E-state index in [0.29, 0.717) is 36.3 Å². The summed E-state index contributed by atoms with van der Waals surface area (Å²) in [6.45, 7) is 5.73. The molecule has 8 heteroatoms. The van der Waals surface area contributed by atoms with Crippen molar-refractivity contribution in [2.75, 3.05) is 19.7 Å². The highest BCUT2D eigenvalue weighted by atomic mass is 32.1. The zero-order chi connectivity index (χ0) is 15.5.